The van der Waals surface area contributed by atoms with Crippen LogP contribution < -0.4 is 10.6 Å². The third-order valence-electron chi connectivity index (χ3n) is 6.12. The molecule has 0 aromatic heterocycles. The van der Waals surface area contributed by atoms with E-state index in [2.05, 4.69) is 10.6 Å². The zero-order valence-corrected chi connectivity index (χ0v) is 19.2. The summed E-state index contributed by atoms with van der Waals surface area (Å²) < 4.78 is 18.1. The number of carbonyl (C=O) groups excluding carboxylic acids is 1. The van der Waals surface area contributed by atoms with Gasteiger partial charge in [0.05, 0.1) is 24.1 Å². The van der Waals surface area contributed by atoms with Gasteiger partial charge < -0.3 is 30.7 Å². The number of hydrogen-bond donors (Lipinski definition) is 5. The number of alkyl halides is 2. The summed E-state index contributed by atoms with van der Waals surface area (Å²) in [5.41, 5.74) is -0.732. The van der Waals surface area contributed by atoms with Gasteiger partial charge in [-0.25, -0.2) is 0 Å². The number of carbonyl (C=O) groups is 1. The second kappa shape index (κ2) is 12.8. The molecule has 9 atom stereocenters. The third kappa shape index (κ3) is 6.92. The highest BCUT2D eigenvalue weighted by Crippen LogP contribution is 2.30. The predicted octanol–water partition coefficient (Wildman–Crippen LogP) is 1.17. The summed E-state index contributed by atoms with van der Waals surface area (Å²) in [6.07, 6.45) is 1.72. The zero-order valence-electron chi connectivity index (χ0n) is 17.7. The smallest absolute Gasteiger partial charge is 0.237 e. The van der Waals surface area contributed by atoms with Gasteiger partial charge in [0.15, 0.2) is 0 Å². The molecule has 7 nitrogen and oxygen atoms in total. The van der Waals surface area contributed by atoms with E-state index in [-0.39, 0.29) is 18.6 Å². The molecule has 30 heavy (non-hydrogen) atoms. The van der Waals surface area contributed by atoms with Crippen LogP contribution in [0.3, 0.4) is 0 Å². The lowest BCUT2D eigenvalue weighted by Gasteiger charge is -2.44. The van der Waals surface area contributed by atoms with E-state index in [1.807, 2.05) is 0 Å². The van der Waals surface area contributed by atoms with Crippen molar-refractivity contribution in [2.75, 3.05) is 19.5 Å². The van der Waals surface area contributed by atoms with Crippen LogP contribution in [0.25, 0.3) is 0 Å². The molecule has 2 rings (SSSR count). The number of ether oxygens (including phenoxy) is 1. The predicted molar refractivity (Wildman–Crippen MR) is 116 cm³/mol. The third-order valence-corrected chi connectivity index (χ3v) is 7.24. The fourth-order valence-corrected chi connectivity index (χ4v) is 5.12. The van der Waals surface area contributed by atoms with E-state index in [0.717, 1.165) is 25.7 Å². The van der Waals surface area contributed by atoms with Gasteiger partial charge in [-0.3, -0.25) is 9.18 Å². The molecular formula is C20H36ClFN2O5S. The number of rotatable bonds is 9. The molecule has 2 heterocycles. The minimum Gasteiger partial charge on any atom is -0.388 e. The van der Waals surface area contributed by atoms with Crippen molar-refractivity contribution < 1.29 is 29.2 Å². The number of hydrogen-bond acceptors (Lipinski definition) is 7. The van der Waals surface area contributed by atoms with E-state index < -0.39 is 41.3 Å². The Labute approximate surface area is 187 Å². The Morgan fingerprint density at radius 1 is 1.23 bits per heavy atom. The molecule has 2 aliphatic rings. The molecule has 0 saturated carbocycles. The van der Waals surface area contributed by atoms with Crippen LogP contribution in [0.5, 0.6) is 0 Å². The van der Waals surface area contributed by atoms with Crippen molar-refractivity contribution in [2.24, 2.45) is 5.92 Å². The fraction of sp³-hybridized carbons (Fsp3) is 0.950. The quantitative estimate of drug-likeness (QED) is 0.254. The molecule has 1 amide bonds. The lowest BCUT2D eigenvalue weighted by molar-refractivity contribution is -0.205. The normalized spacial score (nSPS) is 37.2. The maximum Gasteiger partial charge on any atom is 0.237 e. The van der Waals surface area contributed by atoms with E-state index in [4.69, 9.17) is 16.3 Å². The molecule has 0 aromatic carbocycles. The first-order valence-corrected chi connectivity index (χ1v) is 12.5. The summed E-state index contributed by atoms with van der Waals surface area (Å²) in [7, 11) is 0. The van der Waals surface area contributed by atoms with Gasteiger partial charge in [0, 0.05) is 0 Å². The molecule has 0 bridgehead atoms. The fourth-order valence-electron chi connectivity index (χ4n) is 4.24. The average molecular weight is 471 g/mol. The van der Waals surface area contributed by atoms with Crippen LogP contribution in [0, 0.1) is 5.92 Å². The molecule has 10 heteroatoms. The zero-order chi connectivity index (χ0) is 22.3. The van der Waals surface area contributed by atoms with E-state index in [9.17, 15) is 24.5 Å². The van der Waals surface area contributed by atoms with Crippen molar-refractivity contribution in [3.63, 3.8) is 0 Å². The number of nitrogens with one attached hydrogen (secondary N) is 2. The average Bonchev–Trinajstić information content (AvgIpc) is 2.97. The maximum absolute atomic E-state index is 12.9. The summed E-state index contributed by atoms with van der Waals surface area (Å²) in [5.74, 6) is 0.251. The minimum atomic E-state index is -1.39. The second-order valence-corrected chi connectivity index (χ2v) is 9.94. The van der Waals surface area contributed by atoms with Crippen molar-refractivity contribution in [1.82, 2.24) is 10.6 Å². The molecule has 0 spiro atoms. The van der Waals surface area contributed by atoms with Gasteiger partial charge in [0.25, 0.3) is 0 Å². The van der Waals surface area contributed by atoms with E-state index in [0.29, 0.717) is 25.3 Å². The lowest BCUT2D eigenvalue weighted by Crippen LogP contribution is -2.65. The minimum absolute atomic E-state index is 0.228. The number of aliphatic hydroxyl groups excluding tert-OH is 3. The van der Waals surface area contributed by atoms with Gasteiger partial charge in [-0.2, -0.15) is 0 Å². The molecule has 2 aliphatic heterocycles. The topological polar surface area (TPSA) is 111 Å². The maximum atomic E-state index is 12.9. The van der Waals surface area contributed by atoms with Crippen LogP contribution in [0.1, 0.15) is 45.4 Å². The Hall–Kier alpha value is -0.160. The Morgan fingerprint density at radius 2 is 1.97 bits per heavy atom. The van der Waals surface area contributed by atoms with Crippen molar-refractivity contribution in [2.45, 2.75) is 92.8 Å². The van der Waals surface area contributed by atoms with Crippen LogP contribution in [-0.2, 0) is 9.53 Å². The van der Waals surface area contributed by atoms with E-state index >= 15 is 0 Å². The SMILES string of the molecule is CS[C@H]1O[C@H]([C@H](NC(=O)C2CC[C@H](CCCCF)CCN2)[C@H](C)Cl)[C@H](O)[C@H](O)[C@H]1O. The first kappa shape index (κ1) is 26.1. The molecule has 1 unspecified atom stereocenters. The van der Waals surface area contributed by atoms with Gasteiger partial charge in [-0.05, 0) is 51.3 Å². The van der Waals surface area contributed by atoms with Crippen molar-refractivity contribution >= 4 is 29.3 Å². The number of aliphatic hydroxyl groups is 3. The highest BCUT2D eigenvalue weighted by molar-refractivity contribution is 7.99. The Kier molecular flexibility index (Phi) is 11.1. The molecule has 0 aromatic rings. The Balaban J connectivity index is 1.98. The highest BCUT2D eigenvalue weighted by atomic mass is 35.5. The number of amides is 1. The van der Waals surface area contributed by atoms with Crippen molar-refractivity contribution in [1.29, 1.82) is 0 Å². The lowest BCUT2D eigenvalue weighted by atomic mass is 9.92. The number of thioether (sulfide) groups is 1. The van der Waals surface area contributed by atoms with E-state index in [1.165, 1.54) is 11.8 Å². The summed E-state index contributed by atoms with van der Waals surface area (Å²) >= 11 is 7.53. The monoisotopic (exact) mass is 470 g/mol. The largest absolute Gasteiger partial charge is 0.388 e. The summed E-state index contributed by atoms with van der Waals surface area (Å²) in [5, 5.41) is 36.3. The van der Waals surface area contributed by atoms with Gasteiger partial charge in [-0.15, -0.1) is 23.4 Å². The van der Waals surface area contributed by atoms with Gasteiger partial charge in [0.2, 0.25) is 5.91 Å². The van der Waals surface area contributed by atoms with Crippen LogP contribution >= 0.6 is 23.4 Å². The first-order chi connectivity index (χ1) is 14.3. The molecule has 0 aliphatic carbocycles. The molecule has 2 fully saturated rings. The second-order valence-electron chi connectivity index (χ2n) is 8.31. The molecule has 176 valence electrons. The molecule has 5 N–H and O–H groups in total. The number of halogens is 2. The summed E-state index contributed by atoms with van der Waals surface area (Å²) in [6.45, 7) is 2.11. The van der Waals surface area contributed by atoms with Crippen molar-refractivity contribution in [3.05, 3.63) is 0 Å². The summed E-state index contributed by atoms with van der Waals surface area (Å²) in [4.78, 5) is 12.9. The van der Waals surface area contributed by atoms with E-state index in [1.54, 1.807) is 13.2 Å². The van der Waals surface area contributed by atoms with Gasteiger partial charge >= 0.3 is 0 Å². The van der Waals surface area contributed by atoms with Gasteiger partial charge in [-0.1, -0.05) is 12.8 Å². The molecular weight excluding hydrogens is 435 g/mol. The van der Waals surface area contributed by atoms with Crippen LogP contribution in [-0.4, -0.2) is 88.0 Å². The Bertz CT molecular complexity index is 533. The van der Waals surface area contributed by atoms with Gasteiger partial charge in [0.1, 0.15) is 29.9 Å². The van der Waals surface area contributed by atoms with Crippen LogP contribution in [0.4, 0.5) is 4.39 Å². The number of unbranched alkanes of at least 4 members (excludes halogenated alkanes) is 1. The first-order valence-electron chi connectivity index (χ1n) is 10.8. The molecule has 2 saturated heterocycles. The van der Waals surface area contributed by atoms with Crippen LogP contribution in [0.15, 0.2) is 0 Å². The highest BCUT2D eigenvalue weighted by Gasteiger charge is 2.48. The molecule has 0 radical (unpaired) electrons. The standard InChI is InChI=1S/C20H36ClFN2O5S/c1-11(21)14(18-16(26)15(25)17(27)20(29-18)30-2)24-19(28)13-7-6-12(8-10-23-13)5-3-4-9-22/h11-18,20,23,25-27H,3-10H2,1-2H3,(H,24,28)/t11-,12-,13?,14+,15-,16+,17+,18+,20+/m0/s1. The Morgan fingerprint density at radius 3 is 2.60 bits per heavy atom. The summed E-state index contributed by atoms with van der Waals surface area (Å²) in [6, 6.07) is -1.13. The van der Waals surface area contributed by atoms with Crippen LogP contribution in [0.2, 0.25) is 0 Å². The van der Waals surface area contributed by atoms with Crippen molar-refractivity contribution in [3.8, 4) is 0 Å².